The summed E-state index contributed by atoms with van der Waals surface area (Å²) in [5.74, 6) is 0.155. The van der Waals surface area contributed by atoms with E-state index in [0.29, 0.717) is 0 Å². The summed E-state index contributed by atoms with van der Waals surface area (Å²) in [7, 11) is 0. The third kappa shape index (κ3) is 4.91. The van der Waals surface area contributed by atoms with Crippen molar-refractivity contribution in [1.82, 2.24) is 9.13 Å². The molecule has 2 nitrogen and oxygen atoms in total. The molecule has 0 saturated heterocycles. The van der Waals surface area contributed by atoms with Crippen LogP contribution in [0.3, 0.4) is 0 Å². The van der Waals surface area contributed by atoms with Crippen molar-refractivity contribution in [2.45, 2.75) is 5.92 Å². The van der Waals surface area contributed by atoms with Crippen LogP contribution in [0.4, 0.5) is 0 Å². The van der Waals surface area contributed by atoms with E-state index in [0.717, 1.165) is 5.69 Å². The van der Waals surface area contributed by atoms with Gasteiger partial charge in [-0.1, -0.05) is 146 Å². The van der Waals surface area contributed by atoms with Gasteiger partial charge in [-0.25, -0.2) is 0 Å². The van der Waals surface area contributed by atoms with Gasteiger partial charge in [-0.3, -0.25) is 0 Å². The highest BCUT2D eigenvalue weighted by atomic mass is 15.0. The highest BCUT2D eigenvalue weighted by Crippen LogP contribution is 2.51. The number of benzene rings is 9. The molecule has 0 aliphatic heterocycles. The van der Waals surface area contributed by atoms with Gasteiger partial charge in [-0.15, -0.1) is 0 Å². The number of rotatable bonds is 5. The van der Waals surface area contributed by atoms with Crippen LogP contribution < -0.4 is 0 Å². The zero-order valence-electron chi connectivity index (χ0n) is 31.2. The molecule has 0 fully saturated rings. The van der Waals surface area contributed by atoms with Gasteiger partial charge in [-0.05, 0) is 117 Å². The minimum absolute atomic E-state index is 0.155. The monoisotopic (exact) mass is 724 g/mol. The molecule has 0 N–H and O–H groups in total. The molecule has 1 atom stereocenters. The van der Waals surface area contributed by atoms with Crippen LogP contribution >= 0.6 is 0 Å². The molecule has 0 bridgehead atoms. The molecule has 1 aliphatic carbocycles. The third-order valence-corrected chi connectivity index (χ3v) is 12.2. The maximum Gasteiger partial charge on any atom is 0.0547 e. The standard InChI is InChI=1S/C55H36N2/c1-4-14-36(15-5-1)37-24-28-42(29-25-37)56-51-22-12-10-20-43(51)48-33-40(27-31-53(48)56)39-26-30-45-46(32-39)47-35-54-49(34-50(47)55(45)38-16-6-2-7-17-38)44-21-11-13-23-52(44)57(54)41-18-8-3-9-19-41/h1-35,55H. The topological polar surface area (TPSA) is 9.86 Å². The summed E-state index contributed by atoms with van der Waals surface area (Å²) in [6.07, 6.45) is 0. The highest BCUT2D eigenvalue weighted by Gasteiger charge is 2.32. The van der Waals surface area contributed by atoms with Crippen molar-refractivity contribution in [3.8, 4) is 44.8 Å². The molecular formula is C55H36N2. The summed E-state index contributed by atoms with van der Waals surface area (Å²) in [5, 5.41) is 5.08. The second kappa shape index (κ2) is 12.6. The lowest BCUT2D eigenvalue weighted by Gasteiger charge is -2.15. The summed E-state index contributed by atoms with van der Waals surface area (Å²) >= 11 is 0. The van der Waals surface area contributed by atoms with Crippen molar-refractivity contribution in [3.05, 3.63) is 229 Å². The van der Waals surface area contributed by atoms with Crippen molar-refractivity contribution < 1.29 is 0 Å². The number of fused-ring (bicyclic) bond motifs is 9. The maximum atomic E-state index is 2.48. The largest absolute Gasteiger partial charge is 0.309 e. The highest BCUT2D eigenvalue weighted by molar-refractivity contribution is 6.12. The molecule has 0 saturated carbocycles. The summed E-state index contributed by atoms with van der Waals surface area (Å²) < 4.78 is 4.84. The second-order valence-corrected chi connectivity index (χ2v) is 15.3. The fraction of sp³-hybridized carbons (Fsp3) is 0.0182. The van der Waals surface area contributed by atoms with Gasteiger partial charge in [0.25, 0.3) is 0 Å². The normalized spacial score (nSPS) is 13.4. The lowest BCUT2D eigenvalue weighted by molar-refractivity contribution is 1.02. The zero-order valence-corrected chi connectivity index (χ0v) is 31.2. The van der Waals surface area contributed by atoms with E-state index in [9.17, 15) is 0 Å². The molecule has 11 aromatic rings. The van der Waals surface area contributed by atoms with E-state index < -0.39 is 0 Å². The zero-order chi connectivity index (χ0) is 37.5. The van der Waals surface area contributed by atoms with Gasteiger partial charge in [0, 0.05) is 38.8 Å². The predicted octanol–water partition coefficient (Wildman–Crippen LogP) is 14.4. The van der Waals surface area contributed by atoms with Crippen molar-refractivity contribution in [3.63, 3.8) is 0 Å². The number of aromatic nitrogens is 2. The lowest BCUT2D eigenvalue weighted by atomic mass is 9.88. The van der Waals surface area contributed by atoms with Gasteiger partial charge in [-0.2, -0.15) is 0 Å². The lowest BCUT2D eigenvalue weighted by Crippen LogP contribution is -1.99. The Morgan fingerprint density at radius 3 is 1.49 bits per heavy atom. The van der Waals surface area contributed by atoms with E-state index in [1.807, 2.05) is 0 Å². The molecule has 1 unspecified atom stereocenters. The first kappa shape index (κ1) is 31.9. The minimum Gasteiger partial charge on any atom is -0.309 e. The Morgan fingerprint density at radius 2 is 0.772 bits per heavy atom. The first-order valence-electron chi connectivity index (χ1n) is 19.8. The number of nitrogens with zero attached hydrogens (tertiary/aromatic N) is 2. The molecule has 57 heavy (non-hydrogen) atoms. The van der Waals surface area contributed by atoms with Crippen LogP contribution in [0.25, 0.3) is 88.4 Å². The van der Waals surface area contributed by atoms with Crippen molar-refractivity contribution >= 4 is 43.6 Å². The van der Waals surface area contributed by atoms with Crippen LogP contribution in [0, 0.1) is 0 Å². The van der Waals surface area contributed by atoms with Gasteiger partial charge in [0.15, 0.2) is 0 Å². The minimum atomic E-state index is 0.155. The Bertz CT molecular complexity index is 3320. The van der Waals surface area contributed by atoms with Gasteiger partial charge in [0.2, 0.25) is 0 Å². The van der Waals surface area contributed by atoms with Crippen LogP contribution in [0.5, 0.6) is 0 Å². The summed E-state index contributed by atoms with van der Waals surface area (Å²) in [6, 6.07) is 78.1. The van der Waals surface area contributed by atoms with Crippen LogP contribution in [-0.2, 0) is 0 Å². The second-order valence-electron chi connectivity index (χ2n) is 15.3. The molecular weight excluding hydrogens is 689 g/mol. The molecule has 0 spiro atoms. The van der Waals surface area contributed by atoms with Crippen LogP contribution in [0.15, 0.2) is 212 Å². The fourth-order valence-corrected chi connectivity index (χ4v) is 9.62. The smallest absolute Gasteiger partial charge is 0.0547 e. The number of hydrogen-bond acceptors (Lipinski definition) is 0. The van der Waals surface area contributed by atoms with E-state index in [-0.39, 0.29) is 5.92 Å². The Labute approximate surface area is 331 Å². The molecule has 2 aromatic heterocycles. The van der Waals surface area contributed by atoms with Gasteiger partial charge < -0.3 is 9.13 Å². The number of para-hydroxylation sites is 3. The van der Waals surface area contributed by atoms with Gasteiger partial charge in [0.1, 0.15) is 0 Å². The molecule has 1 aliphatic rings. The summed E-state index contributed by atoms with van der Waals surface area (Å²) in [4.78, 5) is 0. The number of hydrogen-bond donors (Lipinski definition) is 0. The molecule has 9 aromatic carbocycles. The van der Waals surface area contributed by atoms with E-state index in [1.165, 1.54) is 99.4 Å². The average Bonchev–Trinajstić information content (AvgIpc) is 3.91. The molecule has 0 amide bonds. The van der Waals surface area contributed by atoms with Crippen LogP contribution in [-0.4, -0.2) is 9.13 Å². The third-order valence-electron chi connectivity index (χ3n) is 12.2. The van der Waals surface area contributed by atoms with Crippen LogP contribution in [0.1, 0.15) is 22.6 Å². The first-order valence-corrected chi connectivity index (χ1v) is 19.8. The van der Waals surface area contributed by atoms with Crippen molar-refractivity contribution in [2.75, 3.05) is 0 Å². The molecule has 2 heteroatoms. The first-order chi connectivity index (χ1) is 28.3. The maximum absolute atomic E-state index is 2.48. The molecule has 12 rings (SSSR count). The Morgan fingerprint density at radius 1 is 0.281 bits per heavy atom. The SMILES string of the molecule is c1ccc(-c2ccc(-n3c4ccccc4c4cc(-c5ccc6c(c5)-c5cc7c(cc5C6c5ccccc5)c5ccccc5n7-c5ccccc5)ccc43)cc2)cc1. The Hall–Kier alpha value is -7.42. The van der Waals surface area contributed by atoms with E-state index >= 15 is 0 Å². The van der Waals surface area contributed by atoms with Crippen LogP contribution in [0.2, 0.25) is 0 Å². The van der Waals surface area contributed by atoms with E-state index in [2.05, 4.69) is 221 Å². The Kier molecular flexibility index (Phi) is 7.02. The van der Waals surface area contributed by atoms with E-state index in [4.69, 9.17) is 0 Å². The summed E-state index contributed by atoms with van der Waals surface area (Å²) in [6.45, 7) is 0. The van der Waals surface area contributed by atoms with Gasteiger partial charge in [0.05, 0.1) is 22.1 Å². The predicted molar refractivity (Wildman–Crippen MR) is 239 cm³/mol. The van der Waals surface area contributed by atoms with Crippen molar-refractivity contribution in [1.29, 1.82) is 0 Å². The van der Waals surface area contributed by atoms with E-state index in [1.54, 1.807) is 0 Å². The Balaban J connectivity index is 1.03. The average molecular weight is 725 g/mol. The fourth-order valence-electron chi connectivity index (χ4n) is 9.62. The molecule has 0 radical (unpaired) electrons. The van der Waals surface area contributed by atoms with Gasteiger partial charge >= 0.3 is 0 Å². The quantitative estimate of drug-likeness (QED) is 0.167. The summed E-state index contributed by atoms with van der Waals surface area (Å²) in [5.41, 5.74) is 18.8. The van der Waals surface area contributed by atoms with Crippen molar-refractivity contribution in [2.24, 2.45) is 0 Å². The molecule has 2 heterocycles. The molecule has 266 valence electrons.